The van der Waals surface area contributed by atoms with Gasteiger partial charge in [0.1, 0.15) is 6.54 Å². The van der Waals surface area contributed by atoms with Crippen LogP contribution in [-0.2, 0) is 11.3 Å². The Kier molecular flexibility index (Phi) is 5.25. The molecular weight excluding hydrogens is 298 g/mol. The molecule has 0 saturated heterocycles. The van der Waals surface area contributed by atoms with E-state index >= 15 is 0 Å². The third-order valence-electron chi connectivity index (χ3n) is 2.87. The average molecular weight is 311 g/mol. The van der Waals surface area contributed by atoms with E-state index in [2.05, 4.69) is 17.2 Å². The smallest absolute Gasteiger partial charge is 0.285 e. The van der Waals surface area contributed by atoms with Crippen molar-refractivity contribution < 1.29 is 9.72 Å². The minimum atomic E-state index is -0.626. The van der Waals surface area contributed by atoms with Crippen LogP contribution in [0.5, 0.6) is 0 Å². The number of nitrogens with zero attached hydrogens (tertiary/aromatic N) is 2. The predicted molar refractivity (Wildman–Crippen MR) is 83.7 cm³/mol. The Bertz CT molecular complexity index is 832. The van der Waals surface area contributed by atoms with Crippen molar-refractivity contribution in [2.24, 2.45) is 0 Å². The second-order valence-electron chi connectivity index (χ2n) is 4.56. The van der Waals surface area contributed by atoms with E-state index < -0.39 is 16.4 Å². The van der Waals surface area contributed by atoms with Gasteiger partial charge in [0.2, 0.25) is 5.91 Å². The van der Waals surface area contributed by atoms with Crippen LogP contribution < -0.4 is 10.9 Å². The van der Waals surface area contributed by atoms with Crippen LogP contribution in [0.3, 0.4) is 0 Å². The highest BCUT2D eigenvalue weighted by Gasteiger charge is 2.10. The summed E-state index contributed by atoms with van der Waals surface area (Å²) in [7, 11) is 0. The van der Waals surface area contributed by atoms with Crippen molar-refractivity contribution >= 4 is 11.6 Å². The first-order chi connectivity index (χ1) is 11.1. The van der Waals surface area contributed by atoms with Gasteiger partial charge in [-0.2, -0.15) is 0 Å². The number of hydrogen-bond acceptors (Lipinski definition) is 4. The lowest BCUT2D eigenvalue weighted by Gasteiger charge is -2.04. The summed E-state index contributed by atoms with van der Waals surface area (Å²) in [6, 6.07) is 11.4. The molecule has 0 spiro atoms. The van der Waals surface area contributed by atoms with Crippen molar-refractivity contribution in [1.29, 1.82) is 0 Å². The van der Waals surface area contributed by atoms with E-state index in [0.29, 0.717) is 0 Å². The van der Waals surface area contributed by atoms with Crippen LogP contribution in [-0.4, -0.2) is 21.9 Å². The Morgan fingerprint density at radius 3 is 2.65 bits per heavy atom. The number of rotatable bonds is 4. The number of aromatic nitrogens is 1. The lowest BCUT2D eigenvalue weighted by Crippen LogP contribution is -2.32. The van der Waals surface area contributed by atoms with Crippen molar-refractivity contribution in [1.82, 2.24) is 9.88 Å². The zero-order valence-electron chi connectivity index (χ0n) is 12.1. The number of benzene rings is 1. The molecule has 0 bridgehead atoms. The van der Waals surface area contributed by atoms with Gasteiger partial charge in [-0.15, -0.1) is 0 Å². The molecule has 1 N–H and O–H groups in total. The van der Waals surface area contributed by atoms with E-state index in [1.165, 1.54) is 0 Å². The normalized spacial score (nSPS) is 9.57. The standard InChI is InChI=1S/C16H13N3O4/c20-15(17-10-4-7-13-5-2-1-3-6-13)12-18-11-14(19(22)23)8-9-16(18)21/h1-3,5-6,8-9,11H,10,12H2,(H,17,20). The summed E-state index contributed by atoms with van der Waals surface area (Å²) < 4.78 is 0.984. The number of nitro groups is 1. The minimum absolute atomic E-state index is 0.122. The summed E-state index contributed by atoms with van der Waals surface area (Å²) in [5, 5.41) is 13.2. The highest BCUT2D eigenvalue weighted by molar-refractivity contribution is 5.76. The van der Waals surface area contributed by atoms with E-state index in [4.69, 9.17) is 0 Å². The zero-order valence-corrected chi connectivity index (χ0v) is 12.1. The van der Waals surface area contributed by atoms with E-state index in [-0.39, 0.29) is 18.8 Å². The first-order valence-electron chi connectivity index (χ1n) is 6.72. The molecule has 7 nitrogen and oxygen atoms in total. The molecule has 7 heteroatoms. The van der Waals surface area contributed by atoms with Crippen molar-refractivity contribution in [3.05, 3.63) is 74.7 Å². The summed E-state index contributed by atoms with van der Waals surface area (Å²) >= 11 is 0. The molecule has 1 heterocycles. The molecule has 0 aliphatic heterocycles. The maximum atomic E-state index is 11.7. The van der Waals surface area contributed by atoms with Crippen molar-refractivity contribution in [3.63, 3.8) is 0 Å². The van der Waals surface area contributed by atoms with Gasteiger partial charge in [0.15, 0.2) is 0 Å². The van der Waals surface area contributed by atoms with E-state index in [9.17, 15) is 19.7 Å². The third kappa shape index (κ3) is 4.82. The number of carbonyl (C=O) groups excluding carboxylic acids is 1. The number of nitrogens with one attached hydrogen (secondary N) is 1. The van der Waals surface area contributed by atoms with Gasteiger partial charge in [-0.25, -0.2) is 0 Å². The summed E-state index contributed by atoms with van der Waals surface area (Å²) in [4.78, 5) is 33.4. The Morgan fingerprint density at radius 2 is 1.96 bits per heavy atom. The summed E-state index contributed by atoms with van der Waals surface area (Å²) in [5.74, 6) is 5.21. The van der Waals surface area contributed by atoms with E-state index in [1.54, 1.807) is 0 Å². The van der Waals surface area contributed by atoms with Gasteiger partial charge < -0.3 is 5.32 Å². The first kappa shape index (κ1) is 16.0. The minimum Gasteiger partial charge on any atom is -0.344 e. The van der Waals surface area contributed by atoms with Gasteiger partial charge >= 0.3 is 0 Å². The quantitative estimate of drug-likeness (QED) is 0.516. The topological polar surface area (TPSA) is 94.2 Å². The molecule has 0 atom stereocenters. The molecule has 0 aliphatic carbocycles. The molecule has 1 amide bonds. The Morgan fingerprint density at radius 1 is 1.22 bits per heavy atom. The highest BCUT2D eigenvalue weighted by atomic mass is 16.6. The maximum absolute atomic E-state index is 11.7. The van der Waals surface area contributed by atoms with Crippen LogP contribution in [0.25, 0.3) is 0 Å². The fraction of sp³-hybridized carbons (Fsp3) is 0.125. The van der Waals surface area contributed by atoms with E-state index in [1.807, 2.05) is 30.3 Å². The molecule has 0 saturated carbocycles. The first-order valence-corrected chi connectivity index (χ1v) is 6.72. The van der Waals surface area contributed by atoms with E-state index in [0.717, 1.165) is 28.5 Å². The molecule has 23 heavy (non-hydrogen) atoms. The molecule has 0 unspecified atom stereocenters. The molecule has 1 aromatic heterocycles. The molecule has 0 radical (unpaired) electrons. The number of amides is 1. The summed E-state index contributed by atoms with van der Waals surface area (Å²) in [5.41, 5.74) is 0.0963. The Labute approximate surface area is 131 Å². The van der Waals surface area contributed by atoms with Gasteiger partial charge in [0.05, 0.1) is 17.7 Å². The summed E-state index contributed by atoms with van der Waals surface area (Å²) in [6.45, 7) is -0.176. The number of hydrogen-bond donors (Lipinski definition) is 1. The lowest BCUT2D eigenvalue weighted by molar-refractivity contribution is -0.385. The monoisotopic (exact) mass is 311 g/mol. The van der Waals surface area contributed by atoms with Gasteiger partial charge in [0, 0.05) is 17.7 Å². The van der Waals surface area contributed by atoms with Crippen LogP contribution >= 0.6 is 0 Å². The SMILES string of the molecule is O=C(Cn1cc([N+](=O)[O-])ccc1=O)NCC#Cc1ccccc1. The molecular formula is C16H13N3O4. The predicted octanol–water partition coefficient (Wildman–Crippen LogP) is 0.924. The van der Waals surface area contributed by atoms with Crippen LogP contribution in [0.4, 0.5) is 5.69 Å². The van der Waals surface area contributed by atoms with Crippen LogP contribution in [0.2, 0.25) is 0 Å². The van der Waals surface area contributed by atoms with Crippen LogP contribution in [0.15, 0.2) is 53.5 Å². The van der Waals surface area contributed by atoms with Gasteiger partial charge in [-0.1, -0.05) is 30.0 Å². The van der Waals surface area contributed by atoms with Gasteiger partial charge in [0.25, 0.3) is 11.2 Å². The fourth-order valence-corrected chi connectivity index (χ4v) is 1.77. The molecule has 2 rings (SSSR count). The largest absolute Gasteiger partial charge is 0.344 e. The van der Waals surface area contributed by atoms with Crippen molar-refractivity contribution in [2.45, 2.75) is 6.54 Å². The molecule has 1 aromatic carbocycles. The van der Waals surface area contributed by atoms with Crippen LogP contribution in [0.1, 0.15) is 5.56 Å². The lowest BCUT2D eigenvalue weighted by atomic mass is 10.2. The number of carbonyl (C=O) groups is 1. The summed E-state index contributed by atoms with van der Waals surface area (Å²) in [6.07, 6.45) is 1.04. The highest BCUT2D eigenvalue weighted by Crippen LogP contribution is 2.05. The molecule has 0 aliphatic rings. The number of pyridine rings is 1. The molecule has 2 aromatic rings. The van der Waals surface area contributed by atoms with Crippen molar-refractivity contribution in [3.8, 4) is 11.8 Å². The van der Waals surface area contributed by atoms with Crippen LogP contribution in [0, 0.1) is 22.0 Å². The zero-order chi connectivity index (χ0) is 16.7. The second kappa shape index (κ2) is 7.56. The Hall–Kier alpha value is -3.40. The van der Waals surface area contributed by atoms with Gasteiger partial charge in [-0.3, -0.25) is 24.3 Å². The maximum Gasteiger partial charge on any atom is 0.285 e. The third-order valence-corrected chi connectivity index (χ3v) is 2.87. The van der Waals surface area contributed by atoms with Gasteiger partial charge in [-0.05, 0) is 12.1 Å². The second-order valence-corrected chi connectivity index (χ2v) is 4.56. The van der Waals surface area contributed by atoms with Crippen molar-refractivity contribution in [2.75, 3.05) is 6.54 Å². The average Bonchev–Trinajstić information content (AvgIpc) is 2.54. The molecule has 0 fully saturated rings. The molecule has 116 valence electrons. The Balaban J connectivity index is 1.93. The fourth-order valence-electron chi connectivity index (χ4n) is 1.77.